The van der Waals surface area contributed by atoms with Crippen molar-refractivity contribution in [2.24, 2.45) is 0 Å². The highest BCUT2D eigenvalue weighted by atomic mass is 32.1. The summed E-state index contributed by atoms with van der Waals surface area (Å²) in [6.07, 6.45) is 1.97. The number of nitro groups is 1. The van der Waals surface area contributed by atoms with E-state index in [0.29, 0.717) is 5.13 Å². The number of aromatic hydroxyl groups is 2. The van der Waals surface area contributed by atoms with Gasteiger partial charge in [-0.3, -0.25) is 10.1 Å². The minimum Gasteiger partial charge on any atom is -0.508 e. The summed E-state index contributed by atoms with van der Waals surface area (Å²) < 4.78 is 5.09. The van der Waals surface area contributed by atoms with Crippen LogP contribution in [0, 0.1) is 10.1 Å². The van der Waals surface area contributed by atoms with Gasteiger partial charge >= 0.3 is 5.00 Å². The number of phenols is 2. The van der Waals surface area contributed by atoms with Crippen molar-refractivity contribution in [1.82, 2.24) is 4.98 Å². The molecule has 0 atom stereocenters. The molecule has 0 spiro atoms. The summed E-state index contributed by atoms with van der Waals surface area (Å²) in [6.45, 7) is 0.141. The van der Waals surface area contributed by atoms with Gasteiger partial charge in [-0.25, -0.2) is 0 Å². The lowest BCUT2D eigenvalue weighted by Crippen LogP contribution is -2.12. The topological polar surface area (TPSA) is 142 Å². The Balaban J connectivity index is 1.67. The zero-order valence-electron chi connectivity index (χ0n) is 13.3. The molecule has 0 radical (unpaired) electrons. The average Bonchev–Trinajstić information content (AvgIpc) is 3.27. The lowest BCUT2D eigenvalue weighted by Gasteiger charge is -2.13. The van der Waals surface area contributed by atoms with Gasteiger partial charge in [-0.1, -0.05) is 0 Å². The van der Waals surface area contributed by atoms with E-state index < -0.39 is 4.92 Å². The zero-order chi connectivity index (χ0) is 18.0. The Labute approximate surface area is 146 Å². The quantitative estimate of drug-likeness (QED) is 0.156. The van der Waals surface area contributed by atoms with Crippen LogP contribution in [-0.2, 0) is 0 Å². The van der Waals surface area contributed by atoms with Crippen molar-refractivity contribution in [3.05, 3.63) is 22.2 Å². The molecule has 11 heteroatoms. The van der Waals surface area contributed by atoms with Crippen molar-refractivity contribution in [3.8, 4) is 17.2 Å². The fourth-order valence-corrected chi connectivity index (χ4v) is 2.90. The highest BCUT2D eigenvalue weighted by Crippen LogP contribution is 2.39. The van der Waals surface area contributed by atoms with Crippen LogP contribution in [0.4, 0.5) is 21.6 Å². The summed E-state index contributed by atoms with van der Waals surface area (Å²) in [7, 11) is 1.41. The third-order valence-electron chi connectivity index (χ3n) is 3.48. The van der Waals surface area contributed by atoms with E-state index in [4.69, 9.17) is 4.74 Å². The summed E-state index contributed by atoms with van der Waals surface area (Å²) in [5, 5.41) is 39.6. The van der Waals surface area contributed by atoms with Crippen LogP contribution in [0.15, 0.2) is 12.1 Å². The SMILES string of the molecule is COc1cc(O)cc(O)c1NCNc1nc(NC2CC2)c([N+](=O)[O-])s1. The third-order valence-corrected chi connectivity index (χ3v) is 4.45. The van der Waals surface area contributed by atoms with Gasteiger partial charge in [0.1, 0.15) is 22.9 Å². The molecule has 5 N–H and O–H groups in total. The molecule has 0 saturated heterocycles. The summed E-state index contributed by atoms with van der Waals surface area (Å²) >= 11 is 0.932. The van der Waals surface area contributed by atoms with Gasteiger partial charge in [-0.2, -0.15) is 4.98 Å². The van der Waals surface area contributed by atoms with E-state index in [0.717, 1.165) is 24.2 Å². The lowest BCUT2D eigenvalue weighted by molar-refractivity contribution is -0.379. The van der Waals surface area contributed by atoms with E-state index in [-0.39, 0.29) is 46.5 Å². The van der Waals surface area contributed by atoms with Crippen molar-refractivity contribution < 1.29 is 19.9 Å². The molecule has 0 amide bonds. The van der Waals surface area contributed by atoms with Gasteiger partial charge in [-0.15, -0.1) is 0 Å². The van der Waals surface area contributed by atoms with Gasteiger partial charge in [0, 0.05) is 18.2 Å². The lowest BCUT2D eigenvalue weighted by atomic mass is 10.2. The maximum absolute atomic E-state index is 11.1. The second-order valence-electron chi connectivity index (χ2n) is 5.42. The molecule has 0 unspecified atom stereocenters. The first-order chi connectivity index (χ1) is 12.0. The number of thiazole rings is 1. The van der Waals surface area contributed by atoms with Crippen LogP contribution in [0.1, 0.15) is 12.8 Å². The predicted octanol–water partition coefficient (Wildman–Crippen LogP) is 2.53. The van der Waals surface area contributed by atoms with Gasteiger partial charge in [0.25, 0.3) is 0 Å². The maximum atomic E-state index is 11.1. The summed E-state index contributed by atoms with van der Waals surface area (Å²) in [4.78, 5) is 14.9. The molecule has 25 heavy (non-hydrogen) atoms. The van der Waals surface area contributed by atoms with Gasteiger partial charge in [0.05, 0.1) is 18.7 Å². The van der Waals surface area contributed by atoms with Crippen molar-refractivity contribution in [1.29, 1.82) is 0 Å². The monoisotopic (exact) mass is 367 g/mol. The number of hydrogen-bond donors (Lipinski definition) is 5. The third kappa shape index (κ3) is 3.94. The Morgan fingerprint density at radius 3 is 2.80 bits per heavy atom. The molecule has 0 aliphatic heterocycles. The molecule has 1 saturated carbocycles. The minimum absolute atomic E-state index is 0.0422. The second-order valence-corrected chi connectivity index (χ2v) is 6.40. The molecule has 2 aromatic rings. The number of nitrogens with zero attached hydrogens (tertiary/aromatic N) is 2. The number of anilines is 3. The first-order valence-corrected chi connectivity index (χ1v) is 8.29. The number of nitrogens with one attached hydrogen (secondary N) is 3. The predicted molar refractivity (Wildman–Crippen MR) is 93.8 cm³/mol. The summed E-state index contributed by atoms with van der Waals surface area (Å²) in [5.74, 6) is 0.227. The molecule has 10 nitrogen and oxygen atoms in total. The van der Waals surface area contributed by atoms with Crippen molar-refractivity contribution >= 4 is 33.0 Å². The number of methoxy groups -OCH3 is 1. The molecule has 1 fully saturated rings. The van der Waals surface area contributed by atoms with Crippen LogP contribution in [-0.4, -0.2) is 39.9 Å². The second kappa shape index (κ2) is 6.89. The van der Waals surface area contributed by atoms with Gasteiger partial charge in [0.15, 0.2) is 5.13 Å². The molecule has 3 rings (SSSR count). The van der Waals surface area contributed by atoms with Crippen LogP contribution >= 0.6 is 11.3 Å². The van der Waals surface area contributed by atoms with Crippen LogP contribution < -0.4 is 20.7 Å². The van der Waals surface area contributed by atoms with Crippen LogP contribution in [0.5, 0.6) is 17.2 Å². The number of rotatable bonds is 8. The first-order valence-electron chi connectivity index (χ1n) is 7.47. The number of phenolic OH excluding ortho intramolecular Hbond substituents is 2. The van der Waals surface area contributed by atoms with E-state index in [1.807, 2.05) is 0 Å². The van der Waals surface area contributed by atoms with E-state index in [9.17, 15) is 20.3 Å². The largest absolute Gasteiger partial charge is 0.508 e. The fourth-order valence-electron chi connectivity index (χ4n) is 2.16. The molecule has 1 aliphatic carbocycles. The standard InChI is InChI=1S/C14H17N5O5S/c1-24-10-5-8(20)4-9(21)11(10)15-6-16-14-18-12(17-7-2-3-7)13(25-14)19(22)23/h4-5,7,15,17,20-21H,2-3,6H2,1H3,(H,16,18). The van der Waals surface area contributed by atoms with Gasteiger partial charge < -0.3 is 30.9 Å². The highest BCUT2D eigenvalue weighted by molar-refractivity contribution is 7.19. The molecule has 1 aromatic heterocycles. The molecule has 0 bridgehead atoms. The fraction of sp³-hybridized carbons (Fsp3) is 0.357. The van der Waals surface area contributed by atoms with Crippen LogP contribution in [0.2, 0.25) is 0 Å². The Hall–Kier alpha value is -2.95. The molecular formula is C14H17N5O5S. The Morgan fingerprint density at radius 1 is 1.40 bits per heavy atom. The summed E-state index contributed by atoms with van der Waals surface area (Å²) in [5.41, 5.74) is 0.287. The van der Waals surface area contributed by atoms with E-state index in [1.54, 1.807) is 0 Å². The average molecular weight is 367 g/mol. The van der Waals surface area contributed by atoms with Gasteiger partial charge in [0.2, 0.25) is 5.82 Å². The highest BCUT2D eigenvalue weighted by Gasteiger charge is 2.28. The number of aromatic nitrogens is 1. The Bertz CT molecular complexity index is 792. The molecular weight excluding hydrogens is 350 g/mol. The normalized spacial score (nSPS) is 13.3. The first kappa shape index (κ1) is 16.9. The summed E-state index contributed by atoms with van der Waals surface area (Å²) in [6, 6.07) is 2.79. The van der Waals surface area contributed by atoms with Crippen LogP contribution in [0.3, 0.4) is 0 Å². The van der Waals surface area contributed by atoms with Crippen molar-refractivity contribution in [3.63, 3.8) is 0 Å². The van der Waals surface area contributed by atoms with Gasteiger partial charge in [-0.05, 0) is 24.2 Å². The van der Waals surface area contributed by atoms with Crippen molar-refractivity contribution in [2.75, 3.05) is 29.7 Å². The van der Waals surface area contributed by atoms with E-state index in [2.05, 4.69) is 20.9 Å². The number of hydrogen-bond acceptors (Lipinski definition) is 10. The molecule has 134 valence electrons. The zero-order valence-corrected chi connectivity index (χ0v) is 14.1. The van der Waals surface area contributed by atoms with E-state index in [1.165, 1.54) is 19.2 Å². The Morgan fingerprint density at radius 2 is 2.16 bits per heavy atom. The van der Waals surface area contributed by atoms with Crippen LogP contribution in [0.25, 0.3) is 0 Å². The molecule has 1 aliphatic rings. The minimum atomic E-state index is -0.462. The Kier molecular flexibility index (Phi) is 4.65. The maximum Gasteiger partial charge on any atom is 0.369 e. The smallest absolute Gasteiger partial charge is 0.369 e. The number of benzene rings is 1. The van der Waals surface area contributed by atoms with Crippen molar-refractivity contribution in [2.45, 2.75) is 18.9 Å². The van der Waals surface area contributed by atoms with E-state index >= 15 is 0 Å². The number of ether oxygens (including phenoxy) is 1. The molecule has 1 aromatic carbocycles. The molecule has 1 heterocycles.